The Labute approximate surface area is 119 Å². The van der Waals surface area contributed by atoms with Gasteiger partial charge in [0.25, 0.3) is 0 Å². The van der Waals surface area contributed by atoms with E-state index in [4.69, 9.17) is 4.74 Å². The second-order valence-corrected chi connectivity index (χ2v) is 5.44. The molecule has 2 rings (SSSR count). The fourth-order valence-electron chi connectivity index (χ4n) is 2.87. The van der Waals surface area contributed by atoms with Crippen molar-refractivity contribution < 1.29 is 13.9 Å². The van der Waals surface area contributed by atoms with Crippen molar-refractivity contribution in [3.8, 4) is 0 Å². The minimum atomic E-state index is -0.204. The second-order valence-electron chi connectivity index (χ2n) is 5.44. The van der Waals surface area contributed by atoms with E-state index in [9.17, 15) is 9.18 Å². The average Bonchev–Trinajstić information content (AvgIpc) is 2.86. The molecule has 1 aromatic rings. The molecule has 20 heavy (non-hydrogen) atoms. The summed E-state index contributed by atoms with van der Waals surface area (Å²) in [6.07, 6.45) is 4.60. The first-order valence-electron chi connectivity index (χ1n) is 7.22. The van der Waals surface area contributed by atoms with Crippen molar-refractivity contribution in [3.63, 3.8) is 0 Å². The van der Waals surface area contributed by atoms with Gasteiger partial charge in [0.1, 0.15) is 5.82 Å². The smallest absolute Gasteiger partial charge is 0.222 e. The summed E-state index contributed by atoms with van der Waals surface area (Å²) in [5.41, 5.74) is 1.13. The largest absolute Gasteiger partial charge is 0.384 e. The first-order valence-corrected chi connectivity index (χ1v) is 7.22. The van der Waals surface area contributed by atoms with Crippen molar-refractivity contribution in [1.29, 1.82) is 0 Å². The molecular weight excluding hydrogens is 257 g/mol. The lowest BCUT2D eigenvalue weighted by Crippen LogP contribution is -2.38. The Balaban J connectivity index is 1.87. The molecule has 1 aromatic carbocycles. The van der Waals surface area contributed by atoms with E-state index in [2.05, 4.69) is 5.32 Å². The van der Waals surface area contributed by atoms with Crippen molar-refractivity contribution in [3.05, 3.63) is 35.6 Å². The van der Waals surface area contributed by atoms with Crippen molar-refractivity contribution in [2.24, 2.45) is 5.92 Å². The van der Waals surface area contributed by atoms with E-state index in [1.807, 2.05) is 12.1 Å². The van der Waals surface area contributed by atoms with Crippen LogP contribution in [0.4, 0.5) is 4.39 Å². The highest BCUT2D eigenvalue weighted by Crippen LogP contribution is 2.29. The third-order valence-electron chi connectivity index (χ3n) is 3.95. The molecule has 1 aliphatic rings. The summed E-state index contributed by atoms with van der Waals surface area (Å²) in [7, 11) is 1.60. The van der Waals surface area contributed by atoms with Crippen LogP contribution >= 0.6 is 0 Å². The number of carbonyl (C=O) groups is 1. The minimum absolute atomic E-state index is 0.0582. The second kappa shape index (κ2) is 7.39. The topological polar surface area (TPSA) is 38.3 Å². The van der Waals surface area contributed by atoms with Crippen LogP contribution < -0.4 is 5.32 Å². The summed E-state index contributed by atoms with van der Waals surface area (Å²) in [6.45, 7) is 0.460. The number of halogens is 1. The van der Waals surface area contributed by atoms with Crippen LogP contribution in [0.5, 0.6) is 0 Å². The van der Waals surface area contributed by atoms with Gasteiger partial charge in [0.05, 0.1) is 6.61 Å². The van der Waals surface area contributed by atoms with Gasteiger partial charge in [-0.3, -0.25) is 4.79 Å². The molecule has 1 amide bonds. The quantitative estimate of drug-likeness (QED) is 0.869. The first kappa shape index (κ1) is 15.0. The Morgan fingerprint density at radius 3 is 2.80 bits per heavy atom. The summed E-state index contributed by atoms with van der Waals surface area (Å²) >= 11 is 0. The summed E-state index contributed by atoms with van der Waals surface area (Å²) in [4.78, 5) is 11.8. The molecule has 0 heterocycles. The Hall–Kier alpha value is -1.42. The van der Waals surface area contributed by atoms with Crippen LogP contribution in [0.3, 0.4) is 0 Å². The van der Waals surface area contributed by atoms with E-state index in [0.29, 0.717) is 18.9 Å². The third-order valence-corrected chi connectivity index (χ3v) is 3.95. The SMILES string of the molecule is COCCC(=O)N[C@H]1CCC[C@H]1Cc1ccc(F)cc1. The molecule has 2 atom stereocenters. The maximum atomic E-state index is 12.9. The normalized spacial score (nSPS) is 21.9. The summed E-state index contributed by atoms with van der Waals surface area (Å²) < 4.78 is 17.8. The number of nitrogens with one attached hydrogen (secondary N) is 1. The fraction of sp³-hybridized carbons (Fsp3) is 0.562. The number of hydrogen-bond acceptors (Lipinski definition) is 2. The van der Waals surface area contributed by atoms with Gasteiger partial charge >= 0.3 is 0 Å². The highest BCUT2D eigenvalue weighted by molar-refractivity contribution is 5.76. The van der Waals surface area contributed by atoms with Crippen LogP contribution in [0.25, 0.3) is 0 Å². The van der Waals surface area contributed by atoms with Crippen LogP contribution in [0.15, 0.2) is 24.3 Å². The first-order chi connectivity index (χ1) is 9.69. The standard InChI is InChI=1S/C16H22FNO2/c1-20-10-9-16(19)18-15-4-2-3-13(15)11-12-5-7-14(17)8-6-12/h5-8,13,15H,2-4,9-11H2,1H3,(H,18,19)/t13-,15-/m0/s1. The van der Waals surface area contributed by atoms with E-state index in [1.165, 1.54) is 12.1 Å². The van der Waals surface area contributed by atoms with E-state index in [1.54, 1.807) is 7.11 Å². The fourth-order valence-corrected chi connectivity index (χ4v) is 2.87. The van der Waals surface area contributed by atoms with E-state index in [-0.39, 0.29) is 17.8 Å². The molecule has 0 unspecified atom stereocenters. The van der Waals surface area contributed by atoms with Gasteiger partial charge < -0.3 is 10.1 Å². The lowest BCUT2D eigenvalue weighted by Gasteiger charge is -2.21. The molecule has 1 aliphatic carbocycles. The van der Waals surface area contributed by atoms with Gasteiger partial charge in [0.15, 0.2) is 0 Å². The summed E-state index contributed by atoms with van der Waals surface area (Å²) in [5.74, 6) is 0.305. The molecule has 1 N–H and O–H groups in total. The van der Waals surface area contributed by atoms with Crippen molar-refractivity contribution in [2.75, 3.05) is 13.7 Å². The summed E-state index contributed by atoms with van der Waals surface area (Å²) in [6, 6.07) is 6.89. The van der Waals surface area contributed by atoms with Gasteiger partial charge in [0.2, 0.25) is 5.91 Å². The van der Waals surface area contributed by atoms with Crippen LogP contribution in [0.1, 0.15) is 31.2 Å². The Kier molecular flexibility index (Phi) is 5.53. The lowest BCUT2D eigenvalue weighted by atomic mass is 9.94. The molecule has 0 aromatic heterocycles. The maximum absolute atomic E-state index is 12.9. The number of rotatable bonds is 6. The van der Waals surface area contributed by atoms with Crippen LogP contribution in [0, 0.1) is 11.7 Å². The number of ether oxygens (including phenoxy) is 1. The van der Waals surface area contributed by atoms with Crippen LogP contribution in [0.2, 0.25) is 0 Å². The van der Waals surface area contributed by atoms with Gasteiger partial charge in [-0.25, -0.2) is 4.39 Å². The number of amides is 1. The molecule has 1 saturated carbocycles. The molecule has 4 heteroatoms. The molecule has 0 radical (unpaired) electrons. The molecule has 1 fully saturated rings. The number of benzene rings is 1. The molecule has 0 saturated heterocycles. The number of hydrogen-bond donors (Lipinski definition) is 1. The van der Waals surface area contributed by atoms with Gasteiger partial charge in [-0.2, -0.15) is 0 Å². The zero-order chi connectivity index (χ0) is 14.4. The molecule has 0 aliphatic heterocycles. The zero-order valence-electron chi connectivity index (χ0n) is 11.9. The van der Waals surface area contributed by atoms with Crippen molar-refractivity contribution in [2.45, 2.75) is 38.1 Å². The molecular formula is C16H22FNO2. The number of carbonyl (C=O) groups excluding carboxylic acids is 1. The summed E-state index contributed by atoms with van der Waals surface area (Å²) in [5, 5.41) is 3.10. The predicted octanol–water partition coefficient (Wildman–Crippen LogP) is 2.69. The Bertz CT molecular complexity index is 433. The number of methoxy groups -OCH3 is 1. The molecule has 3 nitrogen and oxygen atoms in total. The maximum Gasteiger partial charge on any atom is 0.222 e. The minimum Gasteiger partial charge on any atom is -0.384 e. The highest BCUT2D eigenvalue weighted by atomic mass is 19.1. The van der Waals surface area contributed by atoms with Crippen molar-refractivity contribution >= 4 is 5.91 Å². The third kappa shape index (κ3) is 4.30. The van der Waals surface area contributed by atoms with E-state index >= 15 is 0 Å². The van der Waals surface area contributed by atoms with Gasteiger partial charge in [-0.15, -0.1) is 0 Å². The Morgan fingerprint density at radius 1 is 1.35 bits per heavy atom. The van der Waals surface area contributed by atoms with E-state index in [0.717, 1.165) is 31.2 Å². The average molecular weight is 279 g/mol. The predicted molar refractivity (Wildman–Crippen MR) is 75.9 cm³/mol. The lowest BCUT2D eigenvalue weighted by molar-refractivity contribution is -0.122. The van der Waals surface area contributed by atoms with Gasteiger partial charge in [-0.05, 0) is 42.9 Å². The zero-order valence-corrected chi connectivity index (χ0v) is 11.9. The monoisotopic (exact) mass is 279 g/mol. The molecule has 0 spiro atoms. The van der Waals surface area contributed by atoms with Gasteiger partial charge in [0, 0.05) is 19.6 Å². The van der Waals surface area contributed by atoms with E-state index < -0.39 is 0 Å². The Morgan fingerprint density at radius 2 is 2.10 bits per heavy atom. The highest BCUT2D eigenvalue weighted by Gasteiger charge is 2.28. The van der Waals surface area contributed by atoms with Crippen LogP contribution in [-0.4, -0.2) is 25.7 Å². The van der Waals surface area contributed by atoms with Crippen LogP contribution in [-0.2, 0) is 16.0 Å². The molecule has 0 bridgehead atoms. The molecule has 110 valence electrons. The van der Waals surface area contributed by atoms with Crippen molar-refractivity contribution in [1.82, 2.24) is 5.32 Å². The van der Waals surface area contributed by atoms with Gasteiger partial charge in [-0.1, -0.05) is 18.6 Å².